The van der Waals surface area contributed by atoms with E-state index in [1.165, 1.54) is 31.3 Å². The first-order valence-corrected chi connectivity index (χ1v) is 5.88. The van der Waals surface area contributed by atoms with Crippen LogP contribution in [0.3, 0.4) is 0 Å². The van der Waals surface area contributed by atoms with Crippen molar-refractivity contribution in [3.8, 4) is 0 Å². The maximum atomic E-state index is 10.3. The van der Waals surface area contributed by atoms with Crippen molar-refractivity contribution < 1.29 is 4.18 Å². The average molecular weight is 203 g/mol. The van der Waals surface area contributed by atoms with Crippen LogP contribution in [0.5, 0.6) is 0 Å². The minimum absolute atomic E-state index is 0.0228. The summed E-state index contributed by atoms with van der Waals surface area (Å²) in [6.07, 6.45) is 5.84. The van der Waals surface area contributed by atoms with E-state index in [0.29, 0.717) is 0 Å². The van der Waals surface area contributed by atoms with Crippen molar-refractivity contribution >= 4 is 12.0 Å². The van der Waals surface area contributed by atoms with Gasteiger partial charge in [0.2, 0.25) is 0 Å². The Morgan fingerprint density at radius 3 is 3.08 bits per heavy atom. The fourth-order valence-electron chi connectivity index (χ4n) is 1.49. The summed E-state index contributed by atoms with van der Waals surface area (Å²) in [7, 11) is 0. The SMILES string of the molecule is CCCCC[C@@H]1C[C@@H](N=O)CSO1. The molecule has 0 bridgehead atoms. The number of rotatable bonds is 5. The number of hydrogen-bond acceptors (Lipinski definition) is 4. The van der Waals surface area contributed by atoms with Gasteiger partial charge in [0.1, 0.15) is 6.04 Å². The third-order valence-electron chi connectivity index (χ3n) is 2.28. The van der Waals surface area contributed by atoms with Gasteiger partial charge in [0.15, 0.2) is 0 Å². The highest BCUT2D eigenvalue weighted by Crippen LogP contribution is 2.26. The Hall–Kier alpha value is -0.0900. The lowest BCUT2D eigenvalue weighted by atomic mass is 10.0. The smallest absolute Gasteiger partial charge is 0.106 e. The molecule has 1 saturated heterocycles. The molecule has 1 heterocycles. The van der Waals surface area contributed by atoms with Gasteiger partial charge in [-0.3, -0.25) is 0 Å². The van der Waals surface area contributed by atoms with Gasteiger partial charge in [0.05, 0.1) is 6.10 Å². The maximum absolute atomic E-state index is 10.3. The molecule has 2 atom stereocenters. The van der Waals surface area contributed by atoms with Crippen LogP contribution >= 0.6 is 12.0 Å². The molecule has 1 rings (SSSR count). The van der Waals surface area contributed by atoms with E-state index in [4.69, 9.17) is 4.18 Å². The van der Waals surface area contributed by atoms with Crippen LogP contribution in [0.25, 0.3) is 0 Å². The van der Waals surface area contributed by atoms with Gasteiger partial charge in [0, 0.05) is 12.2 Å². The predicted octanol–water partition coefficient (Wildman–Crippen LogP) is 3.14. The zero-order valence-electron chi connectivity index (χ0n) is 8.07. The zero-order chi connectivity index (χ0) is 9.52. The van der Waals surface area contributed by atoms with Crippen molar-refractivity contribution in [1.29, 1.82) is 0 Å². The summed E-state index contributed by atoms with van der Waals surface area (Å²) < 4.78 is 5.47. The topological polar surface area (TPSA) is 38.7 Å². The molecule has 0 radical (unpaired) electrons. The highest BCUT2D eigenvalue weighted by Gasteiger charge is 2.23. The van der Waals surface area contributed by atoms with E-state index >= 15 is 0 Å². The van der Waals surface area contributed by atoms with Crippen LogP contribution in [-0.4, -0.2) is 17.9 Å². The van der Waals surface area contributed by atoms with Crippen molar-refractivity contribution in [2.24, 2.45) is 5.18 Å². The molecule has 0 N–H and O–H groups in total. The van der Waals surface area contributed by atoms with Crippen LogP contribution in [0.1, 0.15) is 39.0 Å². The van der Waals surface area contributed by atoms with Gasteiger partial charge < -0.3 is 4.18 Å². The normalized spacial score (nSPS) is 28.7. The largest absolute Gasteiger partial charge is 0.312 e. The quantitative estimate of drug-likeness (QED) is 0.391. The van der Waals surface area contributed by atoms with Crippen molar-refractivity contribution in [2.45, 2.75) is 51.2 Å². The molecule has 0 aromatic rings. The van der Waals surface area contributed by atoms with Crippen LogP contribution in [0.15, 0.2) is 5.18 Å². The Kier molecular flexibility index (Phi) is 5.39. The predicted molar refractivity (Wildman–Crippen MR) is 55.7 cm³/mol. The molecule has 0 saturated carbocycles. The van der Waals surface area contributed by atoms with E-state index in [9.17, 15) is 4.91 Å². The first kappa shape index (κ1) is 11.0. The lowest BCUT2D eigenvalue weighted by molar-refractivity contribution is 0.190. The summed E-state index contributed by atoms with van der Waals surface area (Å²) in [6.45, 7) is 2.19. The summed E-state index contributed by atoms with van der Waals surface area (Å²) in [6, 6.07) is -0.0228. The number of nitroso groups, excluding NO2 is 1. The Bertz CT molecular complexity index is 155. The number of nitrogens with zero attached hydrogens (tertiary/aromatic N) is 1. The van der Waals surface area contributed by atoms with E-state index in [1.807, 2.05) is 0 Å². The molecular formula is C9H17NO2S. The van der Waals surface area contributed by atoms with Gasteiger partial charge in [0.25, 0.3) is 0 Å². The molecule has 0 aromatic carbocycles. The second kappa shape index (κ2) is 6.38. The lowest BCUT2D eigenvalue weighted by Crippen LogP contribution is -2.24. The number of unbranched alkanes of at least 4 members (excludes halogenated alkanes) is 2. The fraction of sp³-hybridized carbons (Fsp3) is 1.00. The van der Waals surface area contributed by atoms with Gasteiger partial charge in [-0.25, -0.2) is 0 Å². The Morgan fingerprint density at radius 2 is 2.38 bits per heavy atom. The molecule has 3 nitrogen and oxygen atoms in total. The van der Waals surface area contributed by atoms with Crippen LogP contribution in [-0.2, 0) is 4.18 Å². The lowest BCUT2D eigenvalue weighted by Gasteiger charge is -2.24. The highest BCUT2D eigenvalue weighted by molar-refractivity contribution is 7.94. The standard InChI is InChI=1S/C9H17NO2S/c1-2-3-4-5-9-6-8(10-11)7-13-12-9/h8-9H,2-7H2,1H3/t8-,9-/m1/s1. The van der Waals surface area contributed by atoms with Crippen molar-refractivity contribution in [1.82, 2.24) is 0 Å². The first-order chi connectivity index (χ1) is 6.36. The second-order valence-electron chi connectivity index (χ2n) is 3.49. The Morgan fingerprint density at radius 1 is 1.54 bits per heavy atom. The van der Waals surface area contributed by atoms with E-state index in [2.05, 4.69) is 12.1 Å². The molecule has 1 aliphatic heterocycles. The van der Waals surface area contributed by atoms with Gasteiger partial charge in [-0.05, 0) is 18.5 Å². The average Bonchev–Trinajstić information content (AvgIpc) is 2.19. The van der Waals surface area contributed by atoms with Crippen molar-refractivity contribution in [3.63, 3.8) is 0 Å². The molecule has 0 aromatic heterocycles. The van der Waals surface area contributed by atoms with Crippen molar-refractivity contribution in [3.05, 3.63) is 4.91 Å². The third kappa shape index (κ3) is 4.09. The first-order valence-electron chi connectivity index (χ1n) is 4.97. The van der Waals surface area contributed by atoms with Crippen LogP contribution in [0.2, 0.25) is 0 Å². The van der Waals surface area contributed by atoms with Gasteiger partial charge in [-0.2, -0.15) is 4.91 Å². The minimum atomic E-state index is -0.0228. The van der Waals surface area contributed by atoms with Gasteiger partial charge >= 0.3 is 0 Å². The minimum Gasteiger partial charge on any atom is -0.312 e. The van der Waals surface area contributed by atoms with E-state index in [1.54, 1.807) is 0 Å². The van der Waals surface area contributed by atoms with Gasteiger partial charge in [-0.1, -0.05) is 31.4 Å². The Labute approximate surface area is 83.8 Å². The monoisotopic (exact) mass is 203 g/mol. The number of hydrogen-bond donors (Lipinski definition) is 0. The molecule has 0 spiro atoms. The van der Waals surface area contributed by atoms with Crippen LogP contribution < -0.4 is 0 Å². The van der Waals surface area contributed by atoms with Gasteiger partial charge in [-0.15, -0.1) is 0 Å². The summed E-state index contributed by atoms with van der Waals surface area (Å²) >= 11 is 1.40. The summed E-state index contributed by atoms with van der Waals surface area (Å²) in [5.41, 5.74) is 0. The molecule has 0 aliphatic carbocycles. The fourth-order valence-corrected chi connectivity index (χ4v) is 2.29. The Balaban J connectivity index is 2.14. The van der Waals surface area contributed by atoms with E-state index in [0.717, 1.165) is 18.6 Å². The molecule has 4 heteroatoms. The molecule has 76 valence electrons. The van der Waals surface area contributed by atoms with Crippen LogP contribution in [0.4, 0.5) is 0 Å². The van der Waals surface area contributed by atoms with Crippen LogP contribution in [0, 0.1) is 4.91 Å². The molecule has 13 heavy (non-hydrogen) atoms. The zero-order valence-corrected chi connectivity index (χ0v) is 8.89. The summed E-state index contributed by atoms with van der Waals surface area (Å²) in [5, 5.41) is 3.08. The molecule has 0 unspecified atom stereocenters. The molecule has 0 amide bonds. The summed E-state index contributed by atoms with van der Waals surface area (Å²) in [4.78, 5) is 10.3. The molecule has 1 fully saturated rings. The van der Waals surface area contributed by atoms with E-state index in [-0.39, 0.29) is 12.1 Å². The third-order valence-corrected chi connectivity index (χ3v) is 3.21. The molecule has 1 aliphatic rings. The molecular weight excluding hydrogens is 186 g/mol. The summed E-state index contributed by atoms with van der Waals surface area (Å²) in [5.74, 6) is 0.730. The van der Waals surface area contributed by atoms with E-state index < -0.39 is 0 Å². The van der Waals surface area contributed by atoms with Crippen molar-refractivity contribution in [2.75, 3.05) is 5.75 Å². The maximum Gasteiger partial charge on any atom is 0.106 e. The second-order valence-corrected chi connectivity index (χ2v) is 4.25. The highest BCUT2D eigenvalue weighted by atomic mass is 32.2.